The number of aromatic nitrogens is 3. The van der Waals surface area contributed by atoms with E-state index >= 15 is 0 Å². The van der Waals surface area contributed by atoms with Crippen molar-refractivity contribution in [3.63, 3.8) is 0 Å². The highest BCUT2D eigenvalue weighted by atomic mass is 35.5. The molecule has 0 aliphatic carbocycles. The molecule has 1 aliphatic heterocycles. The number of piperidine rings is 1. The summed E-state index contributed by atoms with van der Waals surface area (Å²) in [5.74, 6) is 0.944. The zero-order valence-electron chi connectivity index (χ0n) is 16.1. The van der Waals surface area contributed by atoms with Crippen LogP contribution in [0, 0.1) is 5.92 Å². The van der Waals surface area contributed by atoms with Crippen LogP contribution in [0.2, 0.25) is 5.02 Å². The third kappa shape index (κ3) is 5.18. The van der Waals surface area contributed by atoms with Gasteiger partial charge in [0.05, 0.1) is 5.75 Å². The molecule has 1 fully saturated rings. The molecule has 1 aliphatic rings. The van der Waals surface area contributed by atoms with Gasteiger partial charge in [-0.2, -0.15) is 4.98 Å². The number of nitrogens with zero attached hydrogens (tertiary/aromatic N) is 4. The van der Waals surface area contributed by atoms with Gasteiger partial charge in [-0.1, -0.05) is 53.8 Å². The predicted octanol–water partition coefficient (Wildman–Crippen LogP) is 4.38. The van der Waals surface area contributed by atoms with Crippen molar-refractivity contribution >= 4 is 56.1 Å². The summed E-state index contributed by atoms with van der Waals surface area (Å²) in [5.41, 5.74) is 1.72. The molecule has 0 spiro atoms. The zero-order chi connectivity index (χ0) is 20.2. The Balaban J connectivity index is 1.38. The summed E-state index contributed by atoms with van der Waals surface area (Å²) >= 11 is 8.93. The van der Waals surface area contributed by atoms with Gasteiger partial charge >= 0.3 is 0 Å². The maximum Gasteiger partial charge on any atom is 0.230 e. The van der Waals surface area contributed by atoms with E-state index in [2.05, 4.69) is 27.1 Å². The fraction of sp³-hybridized carbons (Fsp3) is 0.400. The van der Waals surface area contributed by atoms with Crippen molar-refractivity contribution in [3.05, 3.63) is 41.2 Å². The summed E-state index contributed by atoms with van der Waals surface area (Å²) in [6, 6.07) is 7.45. The van der Waals surface area contributed by atoms with Crippen molar-refractivity contribution in [3.8, 4) is 0 Å². The first kappa shape index (κ1) is 20.4. The highest BCUT2D eigenvalue weighted by molar-refractivity contribution is 8.00. The molecule has 0 bridgehead atoms. The largest absolute Gasteiger partial charge is 0.351 e. The number of carbonyl (C=O) groups excluding carboxylic acids is 1. The van der Waals surface area contributed by atoms with E-state index in [4.69, 9.17) is 16.6 Å². The molecule has 0 radical (unpaired) electrons. The molecule has 29 heavy (non-hydrogen) atoms. The van der Waals surface area contributed by atoms with Crippen molar-refractivity contribution in [1.82, 2.24) is 20.3 Å². The fourth-order valence-electron chi connectivity index (χ4n) is 3.31. The van der Waals surface area contributed by atoms with Gasteiger partial charge in [0.1, 0.15) is 16.1 Å². The number of benzene rings is 1. The smallest absolute Gasteiger partial charge is 0.230 e. The lowest BCUT2D eigenvalue weighted by atomic mass is 10.0. The predicted molar refractivity (Wildman–Crippen MR) is 120 cm³/mol. The molecular weight excluding hydrogens is 426 g/mol. The standard InChI is InChI=1S/C20H22ClN5OS2/c1-13-3-2-8-26(10-13)20-25-18-17(29-20)19(24-12-23-18)28-11-16(27)22-9-14-4-6-15(21)7-5-14/h4-7,12-13H,2-3,8-11H2,1H3,(H,22,27)/t13-/m0/s1. The van der Waals surface area contributed by atoms with Crippen LogP contribution in [-0.2, 0) is 11.3 Å². The minimum Gasteiger partial charge on any atom is -0.351 e. The van der Waals surface area contributed by atoms with Crippen LogP contribution in [0.4, 0.5) is 5.13 Å². The van der Waals surface area contributed by atoms with Gasteiger partial charge in [-0.05, 0) is 36.5 Å². The second-order valence-corrected chi connectivity index (χ2v) is 9.59. The van der Waals surface area contributed by atoms with E-state index in [1.54, 1.807) is 11.3 Å². The fourth-order valence-corrected chi connectivity index (χ4v) is 5.39. The van der Waals surface area contributed by atoms with Gasteiger partial charge in [0, 0.05) is 24.7 Å². The maximum absolute atomic E-state index is 12.3. The molecule has 1 aromatic carbocycles. The first-order valence-electron chi connectivity index (χ1n) is 9.59. The van der Waals surface area contributed by atoms with Gasteiger partial charge in [0.2, 0.25) is 5.91 Å². The molecule has 1 N–H and O–H groups in total. The SMILES string of the molecule is C[C@H]1CCCN(c2nc3ncnc(SCC(=O)NCc4ccc(Cl)cc4)c3s2)C1. The Kier molecular flexibility index (Phi) is 6.52. The normalized spacial score (nSPS) is 16.9. The molecule has 0 saturated carbocycles. The molecule has 1 atom stereocenters. The number of hydrogen-bond acceptors (Lipinski definition) is 7. The Morgan fingerprint density at radius 1 is 1.34 bits per heavy atom. The third-order valence-corrected chi connectivity index (χ3v) is 7.30. The number of anilines is 1. The number of rotatable bonds is 6. The summed E-state index contributed by atoms with van der Waals surface area (Å²) in [6.07, 6.45) is 3.99. The molecule has 2 aromatic heterocycles. The Morgan fingerprint density at radius 3 is 2.97 bits per heavy atom. The van der Waals surface area contributed by atoms with E-state index in [1.165, 1.54) is 30.9 Å². The molecule has 1 saturated heterocycles. The van der Waals surface area contributed by atoms with E-state index in [-0.39, 0.29) is 5.91 Å². The molecular formula is C20H22ClN5OS2. The average Bonchev–Trinajstić information content (AvgIpc) is 3.17. The minimum absolute atomic E-state index is 0.0358. The lowest BCUT2D eigenvalue weighted by Crippen LogP contribution is -2.34. The van der Waals surface area contributed by atoms with Gasteiger partial charge < -0.3 is 10.2 Å². The monoisotopic (exact) mass is 447 g/mol. The summed E-state index contributed by atoms with van der Waals surface area (Å²) in [4.78, 5) is 28.0. The van der Waals surface area contributed by atoms with Crippen LogP contribution in [0.5, 0.6) is 0 Å². The number of halogens is 1. The van der Waals surface area contributed by atoms with Crippen LogP contribution in [0.15, 0.2) is 35.6 Å². The number of fused-ring (bicyclic) bond motifs is 1. The van der Waals surface area contributed by atoms with Gasteiger partial charge in [0.15, 0.2) is 10.8 Å². The van der Waals surface area contributed by atoms with E-state index in [0.29, 0.717) is 28.9 Å². The van der Waals surface area contributed by atoms with Crippen molar-refractivity contribution in [1.29, 1.82) is 0 Å². The summed E-state index contributed by atoms with van der Waals surface area (Å²) in [5, 5.41) is 5.43. The molecule has 3 aromatic rings. The van der Waals surface area contributed by atoms with E-state index in [9.17, 15) is 4.79 Å². The molecule has 9 heteroatoms. The molecule has 1 amide bonds. The third-order valence-electron chi connectivity index (χ3n) is 4.82. The quantitative estimate of drug-likeness (QED) is 0.446. The maximum atomic E-state index is 12.3. The van der Waals surface area contributed by atoms with Crippen molar-refractivity contribution in [2.24, 2.45) is 5.92 Å². The second kappa shape index (κ2) is 9.28. The Labute approximate surface area is 183 Å². The van der Waals surface area contributed by atoms with E-state index in [0.717, 1.165) is 33.5 Å². The number of hydrogen-bond donors (Lipinski definition) is 1. The highest BCUT2D eigenvalue weighted by Gasteiger charge is 2.21. The topological polar surface area (TPSA) is 71.0 Å². The van der Waals surface area contributed by atoms with E-state index < -0.39 is 0 Å². The Bertz CT molecular complexity index is 994. The molecule has 3 heterocycles. The molecule has 6 nitrogen and oxygen atoms in total. The lowest BCUT2D eigenvalue weighted by Gasteiger charge is -2.30. The number of carbonyl (C=O) groups is 1. The van der Waals surface area contributed by atoms with Crippen LogP contribution in [0.3, 0.4) is 0 Å². The summed E-state index contributed by atoms with van der Waals surface area (Å²) in [6.45, 7) is 4.83. The van der Waals surface area contributed by atoms with Gasteiger partial charge in [-0.3, -0.25) is 4.79 Å². The van der Waals surface area contributed by atoms with Crippen LogP contribution in [0.1, 0.15) is 25.3 Å². The first-order chi connectivity index (χ1) is 14.1. The zero-order valence-corrected chi connectivity index (χ0v) is 18.5. The average molecular weight is 448 g/mol. The highest BCUT2D eigenvalue weighted by Crippen LogP contribution is 2.35. The lowest BCUT2D eigenvalue weighted by molar-refractivity contribution is -0.118. The summed E-state index contributed by atoms with van der Waals surface area (Å²) < 4.78 is 0.955. The molecule has 152 valence electrons. The van der Waals surface area contributed by atoms with Gasteiger partial charge in [0.25, 0.3) is 0 Å². The number of thioether (sulfide) groups is 1. The van der Waals surface area contributed by atoms with Gasteiger partial charge in [-0.15, -0.1) is 0 Å². The number of nitrogens with one attached hydrogen (secondary N) is 1. The van der Waals surface area contributed by atoms with Gasteiger partial charge in [-0.25, -0.2) is 9.97 Å². The van der Waals surface area contributed by atoms with Crippen LogP contribution in [0.25, 0.3) is 10.3 Å². The number of thiazole rings is 1. The molecule has 0 unspecified atom stereocenters. The minimum atomic E-state index is -0.0358. The Morgan fingerprint density at radius 2 is 2.17 bits per heavy atom. The molecule has 4 rings (SSSR count). The number of amides is 1. The Hall–Kier alpha value is -1.90. The van der Waals surface area contributed by atoms with Crippen molar-refractivity contribution < 1.29 is 4.79 Å². The van der Waals surface area contributed by atoms with Crippen molar-refractivity contribution in [2.75, 3.05) is 23.7 Å². The summed E-state index contributed by atoms with van der Waals surface area (Å²) in [7, 11) is 0. The first-order valence-corrected chi connectivity index (χ1v) is 11.8. The van der Waals surface area contributed by atoms with Crippen LogP contribution < -0.4 is 10.2 Å². The van der Waals surface area contributed by atoms with Crippen LogP contribution >= 0.6 is 34.7 Å². The van der Waals surface area contributed by atoms with E-state index in [1.807, 2.05) is 24.3 Å². The second-order valence-electron chi connectivity index (χ2n) is 7.21. The van der Waals surface area contributed by atoms with Crippen LogP contribution in [-0.4, -0.2) is 39.7 Å². The van der Waals surface area contributed by atoms with Crippen molar-refractivity contribution in [2.45, 2.75) is 31.3 Å².